The number of hydrogen-bond acceptors (Lipinski definition) is 2. The van der Waals surface area contributed by atoms with Gasteiger partial charge < -0.3 is 10.2 Å². The van der Waals surface area contributed by atoms with E-state index in [9.17, 15) is 9.59 Å². The maximum absolute atomic E-state index is 9.38. The highest BCUT2D eigenvalue weighted by molar-refractivity contribution is 5.70. The summed E-state index contributed by atoms with van der Waals surface area (Å²) in [4.78, 5) is 18.8. The van der Waals surface area contributed by atoms with Crippen molar-refractivity contribution < 1.29 is 19.8 Å². The van der Waals surface area contributed by atoms with Crippen LogP contribution in [-0.4, -0.2) is 22.4 Å². The van der Waals surface area contributed by atoms with Crippen molar-refractivity contribution in [3.05, 3.63) is 71.8 Å². The number of hydrogen-bond donors (Lipinski definition) is 2. The first kappa shape index (κ1) is 19.0. The van der Waals surface area contributed by atoms with Crippen LogP contribution in [0.3, 0.4) is 0 Å². The van der Waals surface area contributed by atoms with Crippen molar-refractivity contribution in [2.75, 3.05) is 0 Å². The van der Waals surface area contributed by atoms with E-state index in [4.69, 9.17) is 10.2 Å². The Hall–Kier alpha value is -3.02. The van der Waals surface area contributed by atoms with Crippen LogP contribution in [-0.2, 0) is 0 Å². The third kappa shape index (κ3) is 13.4. The highest BCUT2D eigenvalue weighted by Crippen LogP contribution is 1.92. The number of aryl methyl sites for hydroxylation is 2. The molecule has 0 aliphatic rings. The molecule has 6 heteroatoms. The Morgan fingerprint density at radius 1 is 0.682 bits per heavy atom. The van der Waals surface area contributed by atoms with Gasteiger partial charge in [0, 0.05) is 0 Å². The summed E-state index contributed by atoms with van der Waals surface area (Å²) in [5.74, 6) is 0. The van der Waals surface area contributed by atoms with Crippen LogP contribution < -0.4 is 0 Å². The molecule has 2 aromatic carbocycles. The molecule has 6 nitrogen and oxygen atoms in total. The summed E-state index contributed by atoms with van der Waals surface area (Å²) in [6.07, 6.45) is -3.24. The molecule has 0 heterocycles. The molecule has 0 unspecified atom stereocenters. The molecule has 0 aromatic heterocycles. The fourth-order valence-electron chi connectivity index (χ4n) is 1.15. The minimum atomic E-state index is -1.62. The van der Waals surface area contributed by atoms with E-state index in [0.717, 1.165) is 0 Å². The van der Waals surface area contributed by atoms with Gasteiger partial charge in [0.1, 0.15) is 0 Å². The van der Waals surface area contributed by atoms with Crippen LogP contribution in [0.25, 0.3) is 0 Å². The van der Waals surface area contributed by atoms with Gasteiger partial charge in [0.15, 0.2) is 0 Å². The number of benzene rings is 2. The van der Waals surface area contributed by atoms with Gasteiger partial charge in [-0.2, -0.15) is 0 Å². The van der Waals surface area contributed by atoms with Crippen LogP contribution in [0.1, 0.15) is 11.1 Å². The number of nitrogens with zero attached hydrogens (tertiary/aromatic N) is 2. The molecule has 2 aromatic rings. The van der Waals surface area contributed by atoms with E-state index < -0.39 is 12.2 Å². The summed E-state index contributed by atoms with van der Waals surface area (Å²) in [6, 6.07) is 20.5. The molecular weight excluding hydrogens is 284 g/mol. The molecule has 0 saturated carbocycles. The summed E-state index contributed by atoms with van der Waals surface area (Å²) >= 11 is 0. The predicted octanol–water partition coefficient (Wildman–Crippen LogP) is 4.78. The molecule has 2 rings (SSSR count). The molecule has 0 spiro atoms. The van der Waals surface area contributed by atoms with Crippen LogP contribution in [0.5, 0.6) is 0 Å². The van der Waals surface area contributed by atoms with E-state index in [2.05, 4.69) is 48.3 Å². The van der Waals surface area contributed by atoms with Crippen molar-refractivity contribution in [2.45, 2.75) is 13.8 Å². The van der Waals surface area contributed by atoms with E-state index in [1.165, 1.54) is 11.1 Å². The van der Waals surface area contributed by atoms with Gasteiger partial charge >= 0.3 is 12.2 Å². The van der Waals surface area contributed by atoms with Gasteiger partial charge in [-0.15, -0.1) is 0 Å². The average molecular weight is 302 g/mol. The smallest absolute Gasteiger partial charge is 0.450 e. The van der Waals surface area contributed by atoms with Gasteiger partial charge in [-0.25, -0.2) is 9.59 Å². The molecule has 0 atom stereocenters. The van der Waals surface area contributed by atoms with Crippen LogP contribution in [0.4, 0.5) is 9.59 Å². The topological polar surface area (TPSA) is 99.3 Å². The largest absolute Gasteiger partial charge is 0.462 e. The lowest BCUT2D eigenvalue weighted by atomic mass is 10.2. The Morgan fingerprint density at radius 2 is 0.955 bits per heavy atom. The Labute approximate surface area is 128 Å². The number of amides is 2. The monoisotopic (exact) mass is 302 g/mol. The van der Waals surface area contributed by atoms with Crippen LogP contribution in [0.15, 0.2) is 70.9 Å². The van der Waals surface area contributed by atoms with E-state index in [1.807, 2.05) is 36.4 Å². The Balaban J connectivity index is 0.000000301. The Kier molecular flexibility index (Phi) is 10.2. The van der Waals surface area contributed by atoms with Gasteiger partial charge in [-0.05, 0) is 13.8 Å². The standard InChI is InChI=1S/2C7H8.C2H2N2O4/c2*1-7-5-3-2-4-6-7;5-1(6)3-4-2(7)8/h2*2-6H,1H3;(H,5,6)(H,7,8). The zero-order chi connectivity index (χ0) is 16.8. The zero-order valence-electron chi connectivity index (χ0n) is 12.4. The van der Waals surface area contributed by atoms with Crippen molar-refractivity contribution in [1.82, 2.24) is 0 Å². The first-order chi connectivity index (χ1) is 10.4. The number of rotatable bonds is 0. The zero-order valence-corrected chi connectivity index (χ0v) is 12.4. The second-order valence-corrected chi connectivity index (χ2v) is 4.07. The second-order valence-electron chi connectivity index (χ2n) is 4.07. The van der Waals surface area contributed by atoms with Gasteiger partial charge in [-0.1, -0.05) is 82.0 Å². The van der Waals surface area contributed by atoms with E-state index in [0.29, 0.717) is 0 Å². The molecule has 0 fully saturated rings. The molecule has 0 bridgehead atoms. The Morgan fingerprint density at radius 3 is 1.09 bits per heavy atom. The maximum Gasteiger partial charge on any atom is 0.450 e. The van der Waals surface area contributed by atoms with E-state index in [-0.39, 0.29) is 0 Å². The van der Waals surface area contributed by atoms with Crippen molar-refractivity contribution in [3.63, 3.8) is 0 Å². The lowest BCUT2D eigenvalue weighted by molar-refractivity contribution is 0.194. The first-order valence-electron chi connectivity index (χ1n) is 6.32. The van der Waals surface area contributed by atoms with Crippen molar-refractivity contribution in [1.29, 1.82) is 0 Å². The molecule has 116 valence electrons. The summed E-state index contributed by atoms with van der Waals surface area (Å²) in [5.41, 5.74) is 2.64. The third-order valence-corrected chi connectivity index (χ3v) is 2.10. The number of azo groups is 1. The maximum atomic E-state index is 9.38. The number of carboxylic acid groups (broad SMARTS) is 2. The quantitative estimate of drug-likeness (QED) is 0.683. The minimum Gasteiger partial charge on any atom is -0.462 e. The molecule has 0 aliphatic heterocycles. The summed E-state index contributed by atoms with van der Waals surface area (Å²) < 4.78 is 0. The molecule has 0 radical (unpaired) electrons. The number of carbonyl (C=O) groups is 2. The second kappa shape index (κ2) is 11.8. The normalized spacial score (nSPS) is 9.00. The van der Waals surface area contributed by atoms with E-state index >= 15 is 0 Å². The summed E-state index contributed by atoms with van der Waals surface area (Å²) in [5, 5.41) is 19.8. The van der Waals surface area contributed by atoms with Crippen LogP contribution in [0, 0.1) is 13.8 Å². The molecule has 22 heavy (non-hydrogen) atoms. The Bertz CT molecular complexity index is 530. The molecule has 0 aliphatic carbocycles. The predicted molar refractivity (Wildman–Crippen MR) is 83.3 cm³/mol. The van der Waals surface area contributed by atoms with Gasteiger partial charge in [0.25, 0.3) is 0 Å². The average Bonchev–Trinajstić information content (AvgIpc) is 2.48. The molecular formula is C16H18N2O4. The van der Waals surface area contributed by atoms with Crippen molar-refractivity contribution in [2.24, 2.45) is 10.2 Å². The van der Waals surface area contributed by atoms with E-state index in [1.54, 1.807) is 0 Å². The fourth-order valence-corrected chi connectivity index (χ4v) is 1.15. The van der Waals surface area contributed by atoms with Crippen molar-refractivity contribution >= 4 is 12.2 Å². The fraction of sp³-hybridized carbons (Fsp3) is 0.125. The first-order valence-corrected chi connectivity index (χ1v) is 6.32. The third-order valence-electron chi connectivity index (χ3n) is 2.10. The van der Waals surface area contributed by atoms with Gasteiger partial charge in [0.05, 0.1) is 0 Å². The van der Waals surface area contributed by atoms with Gasteiger partial charge in [-0.3, -0.25) is 0 Å². The van der Waals surface area contributed by atoms with Crippen LogP contribution >= 0.6 is 0 Å². The lowest BCUT2D eigenvalue weighted by Gasteiger charge is -1.82. The summed E-state index contributed by atoms with van der Waals surface area (Å²) in [7, 11) is 0. The molecule has 2 amide bonds. The SMILES string of the molecule is Cc1ccccc1.Cc1ccccc1.O=C(O)N=NC(=O)O. The van der Waals surface area contributed by atoms with Crippen molar-refractivity contribution in [3.8, 4) is 0 Å². The highest BCUT2D eigenvalue weighted by atomic mass is 16.4. The lowest BCUT2D eigenvalue weighted by Crippen LogP contribution is -1.87. The van der Waals surface area contributed by atoms with Crippen LogP contribution in [0.2, 0.25) is 0 Å². The minimum absolute atomic E-state index is 1.32. The molecule has 2 N–H and O–H groups in total. The van der Waals surface area contributed by atoms with Gasteiger partial charge in [0.2, 0.25) is 0 Å². The molecule has 0 saturated heterocycles. The highest BCUT2D eigenvalue weighted by Gasteiger charge is 1.91. The summed E-state index contributed by atoms with van der Waals surface area (Å²) in [6.45, 7) is 4.17.